The van der Waals surface area contributed by atoms with E-state index in [1.54, 1.807) is 18.9 Å². The van der Waals surface area contributed by atoms with E-state index in [4.69, 9.17) is 23.5 Å². The summed E-state index contributed by atoms with van der Waals surface area (Å²) >= 11 is 0. The van der Waals surface area contributed by atoms with E-state index in [1.807, 2.05) is 55.6 Å². The van der Waals surface area contributed by atoms with Crippen LogP contribution in [0.15, 0.2) is 59.5 Å². The van der Waals surface area contributed by atoms with Crippen molar-refractivity contribution in [1.29, 1.82) is 0 Å². The van der Waals surface area contributed by atoms with Crippen LogP contribution in [0, 0.1) is 6.92 Å². The minimum atomic E-state index is 0.373. The summed E-state index contributed by atoms with van der Waals surface area (Å²) in [6.07, 6.45) is 3.38. The topological polar surface area (TPSA) is 131 Å². The highest BCUT2D eigenvalue weighted by Crippen LogP contribution is 2.35. The minimum Gasteiger partial charge on any atom is -0.487 e. The maximum absolute atomic E-state index is 5.94. The summed E-state index contributed by atoms with van der Waals surface area (Å²) in [7, 11) is 3.25. The number of nitrogens with one attached hydrogen (secondary N) is 1. The van der Waals surface area contributed by atoms with Crippen molar-refractivity contribution in [2.45, 2.75) is 13.5 Å². The summed E-state index contributed by atoms with van der Waals surface area (Å²) in [6, 6.07) is 13.5. The molecule has 3 heterocycles. The van der Waals surface area contributed by atoms with Crippen LogP contribution >= 0.6 is 0 Å². The van der Waals surface area contributed by atoms with Crippen molar-refractivity contribution in [1.82, 2.24) is 30.1 Å². The molecule has 0 aliphatic carbocycles. The van der Waals surface area contributed by atoms with Gasteiger partial charge in [-0.1, -0.05) is 22.5 Å². The summed E-state index contributed by atoms with van der Waals surface area (Å²) in [5, 5.41) is 16.8. The molecule has 0 bridgehead atoms. The average Bonchev–Trinajstić information content (AvgIpc) is 3.58. The zero-order chi connectivity index (χ0) is 27.0. The summed E-state index contributed by atoms with van der Waals surface area (Å²) in [5.41, 5.74) is 3.96. The monoisotopic (exact) mass is 531 g/mol. The molecule has 0 aliphatic heterocycles. The van der Waals surface area contributed by atoms with Gasteiger partial charge in [0, 0.05) is 43.0 Å². The second-order valence-corrected chi connectivity index (χ2v) is 8.66. The quantitative estimate of drug-likeness (QED) is 0.221. The van der Waals surface area contributed by atoms with Crippen molar-refractivity contribution in [2.75, 3.05) is 46.0 Å². The predicted octanol–water partition coefficient (Wildman–Crippen LogP) is 4.03. The van der Waals surface area contributed by atoms with E-state index in [0.29, 0.717) is 55.8 Å². The third kappa shape index (κ3) is 6.48. The second-order valence-electron chi connectivity index (χ2n) is 8.66. The van der Waals surface area contributed by atoms with Crippen molar-refractivity contribution in [3.63, 3.8) is 0 Å². The van der Waals surface area contributed by atoms with Gasteiger partial charge in [-0.3, -0.25) is 0 Å². The van der Waals surface area contributed by atoms with Gasteiger partial charge in [0.2, 0.25) is 0 Å². The van der Waals surface area contributed by atoms with E-state index >= 15 is 0 Å². The Morgan fingerprint density at radius 3 is 2.46 bits per heavy atom. The molecule has 0 aliphatic rings. The first-order valence-electron chi connectivity index (χ1n) is 12.3. The van der Waals surface area contributed by atoms with Crippen LogP contribution in [0.25, 0.3) is 22.2 Å². The van der Waals surface area contributed by atoms with E-state index in [0.717, 1.165) is 33.8 Å². The fourth-order valence-electron chi connectivity index (χ4n) is 3.92. The number of hydrogen-bond donors (Lipinski definition) is 1. The van der Waals surface area contributed by atoms with E-state index < -0.39 is 0 Å². The lowest BCUT2D eigenvalue weighted by Gasteiger charge is -2.15. The highest BCUT2D eigenvalue weighted by molar-refractivity contribution is 5.93. The minimum absolute atomic E-state index is 0.373. The highest BCUT2D eigenvalue weighted by Gasteiger charge is 2.14. The fourth-order valence-corrected chi connectivity index (χ4v) is 3.92. The molecule has 0 unspecified atom stereocenters. The number of nitrogens with zero attached hydrogens (tertiary/aromatic N) is 6. The molecule has 5 rings (SSSR count). The van der Waals surface area contributed by atoms with Gasteiger partial charge >= 0.3 is 0 Å². The number of rotatable bonds is 13. The van der Waals surface area contributed by atoms with Gasteiger partial charge in [0.1, 0.15) is 42.5 Å². The van der Waals surface area contributed by atoms with Crippen LogP contribution in [-0.2, 0) is 16.0 Å². The standard InChI is InChI=1S/C27H29N7O5/c1-18-11-21(32-39-18)15-34-16-24(31-33-34)19-5-4-6-20(12-19)30-27-22-13-25(37-9-7-35-2)26(38-10-8-36-3)14-23(22)28-17-29-27/h4-6,11-14,16-17H,7-10,15H2,1-3H3,(H,28,29,30). The molecule has 0 atom stereocenters. The zero-order valence-electron chi connectivity index (χ0n) is 22.0. The van der Waals surface area contributed by atoms with Gasteiger partial charge in [-0.05, 0) is 25.1 Å². The summed E-state index contributed by atoms with van der Waals surface area (Å²) in [5.74, 6) is 2.53. The Morgan fingerprint density at radius 1 is 0.923 bits per heavy atom. The second kappa shape index (κ2) is 12.3. The molecule has 202 valence electrons. The number of aromatic nitrogens is 6. The van der Waals surface area contributed by atoms with Gasteiger partial charge in [-0.2, -0.15) is 0 Å². The molecule has 39 heavy (non-hydrogen) atoms. The molecule has 12 nitrogen and oxygen atoms in total. The normalized spacial score (nSPS) is 11.2. The zero-order valence-corrected chi connectivity index (χ0v) is 22.0. The number of hydrogen-bond acceptors (Lipinski definition) is 11. The van der Waals surface area contributed by atoms with Crippen LogP contribution in [0.5, 0.6) is 11.5 Å². The molecule has 0 spiro atoms. The maximum atomic E-state index is 5.94. The molecule has 12 heteroatoms. The van der Waals surface area contributed by atoms with Crippen LogP contribution in [0.1, 0.15) is 11.5 Å². The molecule has 1 N–H and O–H groups in total. The highest BCUT2D eigenvalue weighted by atomic mass is 16.5. The first-order valence-corrected chi connectivity index (χ1v) is 12.3. The number of methoxy groups -OCH3 is 2. The van der Waals surface area contributed by atoms with Crippen LogP contribution in [0.4, 0.5) is 11.5 Å². The van der Waals surface area contributed by atoms with Crippen molar-refractivity contribution >= 4 is 22.4 Å². The van der Waals surface area contributed by atoms with E-state index in [1.165, 1.54) is 6.33 Å². The first kappa shape index (κ1) is 26.1. The number of ether oxygens (including phenoxy) is 4. The number of benzene rings is 2. The van der Waals surface area contributed by atoms with Gasteiger partial charge in [0.05, 0.1) is 31.5 Å². The first-order chi connectivity index (χ1) is 19.1. The van der Waals surface area contributed by atoms with Gasteiger partial charge in [0.15, 0.2) is 11.5 Å². The van der Waals surface area contributed by atoms with Crippen molar-refractivity contribution in [2.24, 2.45) is 0 Å². The van der Waals surface area contributed by atoms with Crippen LogP contribution < -0.4 is 14.8 Å². The average molecular weight is 532 g/mol. The van der Waals surface area contributed by atoms with E-state index in [2.05, 4.69) is 30.8 Å². The number of aryl methyl sites for hydroxylation is 1. The Kier molecular flexibility index (Phi) is 8.24. The Morgan fingerprint density at radius 2 is 1.72 bits per heavy atom. The van der Waals surface area contributed by atoms with Gasteiger partial charge in [-0.25, -0.2) is 14.6 Å². The van der Waals surface area contributed by atoms with Gasteiger partial charge in [0.25, 0.3) is 0 Å². The number of fused-ring (bicyclic) bond motifs is 1. The Balaban J connectivity index is 1.39. The van der Waals surface area contributed by atoms with Crippen molar-refractivity contribution in [3.05, 3.63) is 66.4 Å². The largest absolute Gasteiger partial charge is 0.487 e. The smallest absolute Gasteiger partial charge is 0.163 e. The number of anilines is 2. The van der Waals surface area contributed by atoms with Gasteiger partial charge < -0.3 is 28.8 Å². The third-order valence-corrected chi connectivity index (χ3v) is 5.75. The Hall–Kier alpha value is -4.55. The van der Waals surface area contributed by atoms with Crippen LogP contribution in [-0.4, -0.2) is 70.8 Å². The van der Waals surface area contributed by atoms with Crippen molar-refractivity contribution in [3.8, 4) is 22.8 Å². The predicted molar refractivity (Wildman–Crippen MR) is 143 cm³/mol. The molecule has 0 saturated heterocycles. The molecular formula is C27H29N7O5. The summed E-state index contributed by atoms with van der Waals surface area (Å²) in [6.45, 7) is 3.99. The molecule has 0 fully saturated rings. The molecule has 0 amide bonds. The van der Waals surface area contributed by atoms with E-state index in [9.17, 15) is 0 Å². The van der Waals surface area contributed by atoms with Crippen molar-refractivity contribution < 1.29 is 23.5 Å². The Bertz CT molecular complexity index is 1530. The molecule has 2 aromatic carbocycles. The maximum Gasteiger partial charge on any atom is 0.163 e. The third-order valence-electron chi connectivity index (χ3n) is 5.75. The SMILES string of the molecule is COCCOc1cc2ncnc(Nc3cccc(-c4cn(Cc5cc(C)on5)nn4)c3)c2cc1OCCOC. The summed E-state index contributed by atoms with van der Waals surface area (Å²) < 4.78 is 28.9. The fraction of sp³-hybridized carbons (Fsp3) is 0.296. The molecule has 0 radical (unpaired) electrons. The Labute approximate surface area is 224 Å². The molecular weight excluding hydrogens is 502 g/mol. The van der Waals surface area contributed by atoms with E-state index in [-0.39, 0.29) is 0 Å². The summed E-state index contributed by atoms with van der Waals surface area (Å²) in [4.78, 5) is 8.93. The van der Waals surface area contributed by atoms with Crippen LogP contribution in [0.3, 0.4) is 0 Å². The van der Waals surface area contributed by atoms with Gasteiger partial charge in [-0.15, -0.1) is 5.10 Å². The lowest BCUT2D eigenvalue weighted by atomic mass is 10.1. The van der Waals surface area contributed by atoms with Crippen LogP contribution in [0.2, 0.25) is 0 Å². The molecule has 5 aromatic rings. The lowest BCUT2D eigenvalue weighted by Crippen LogP contribution is -2.09. The lowest BCUT2D eigenvalue weighted by molar-refractivity contribution is 0.132. The molecule has 0 saturated carbocycles. The molecule has 3 aromatic heterocycles.